The number of carboxylic acids is 1. The summed E-state index contributed by atoms with van der Waals surface area (Å²) in [4.78, 5) is 19.7. The van der Waals surface area contributed by atoms with Crippen LogP contribution in [0.25, 0.3) is 22.5 Å². The number of unbranched alkanes of at least 4 members (excludes halogenated alkanes) is 1. The van der Waals surface area contributed by atoms with Gasteiger partial charge in [0.25, 0.3) is 0 Å². The van der Waals surface area contributed by atoms with Crippen molar-refractivity contribution in [3.05, 3.63) is 66.9 Å². The van der Waals surface area contributed by atoms with Crippen LogP contribution < -0.4 is 29.6 Å². The summed E-state index contributed by atoms with van der Waals surface area (Å²) in [5.41, 5.74) is 3.32. The molecule has 1 heterocycles. The predicted octanol–water partition coefficient (Wildman–Crippen LogP) is 0.916. The Balaban J connectivity index is 0.00000240. The van der Waals surface area contributed by atoms with E-state index in [1.807, 2.05) is 60.7 Å². The van der Waals surface area contributed by atoms with Gasteiger partial charge in [0.2, 0.25) is 0 Å². The molecule has 0 spiro atoms. The van der Waals surface area contributed by atoms with E-state index < -0.39 is 16.8 Å². The number of carbonyl (C=O) groups is 1. The average molecular weight is 434 g/mol. The van der Waals surface area contributed by atoms with E-state index >= 15 is 0 Å². The SMILES string of the molecule is O=C(O)COCCCCS(=O)c1cnc(-c2ccccc2)c(-c2ccccc2)n1.[H-].[Na+]. The molecule has 1 aromatic heterocycles. The second-order valence-electron chi connectivity index (χ2n) is 6.34. The first-order valence-corrected chi connectivity index (χ1v) is 10.6. The molecule has 0 saturated heterocycles. The van der Waals surface area contributed by atoms with E-state index in [0.29, 0.717) is 35.9 Å². The zero-order chi connectivity index (χ0) is 20.5. The second-order valence-corrected chi connectivity index (χ2v) is 7.86. The van der Waals surface area contributed by atoms with Crippen LogP contribution in [0.2, 0.25) is 0 Å². The third-order valence-electron chi connectivity index (χ3n) is 4.17. The van der Waals surface area contributed by atoms with Crippen molar-refractivity contribution >= 4 is 16.8 Å². The summed E-state index contributed by atoms with van der Waals surface area (Å²) in [6.07, 6.45) is 2.86. The maximum absolute atomic E-state index is 12.7. The Morgan fingerprint density at radius 3 is 2.17 bits per heavy atom. The number of ether oxygens (including phenoxy) is 1. The molecule has 2 aromatic carbocycles. The maximum atomic E-state index is 12.7. The van der Waals surface area contributed by atoms with Crippen LogP contribution in [0.4, 0.5) is 0 Å². The molecule has 8 heteroatoms. The van der Waals surface area contributed by atoms with Gasteiger partial charge in [0.05, 0.1) is 28.4 Å². The van der Waals surface area contributed by atoms with Crippen LogP contribution in [0.15, 0.2) is 71.9 Å². The van der Waals surface area contributed by atoms with Crippen LogP contribution >= 0.6 is 0 Å². The van der Waals surface area contributed by atoms with Gasteiger partial charge in [-0.2, -0.15) is 0 Å². The summed E-state index contributed by atoms with van der Waals surface area (Å²) in [5, 5.41) is 8.98. The first kappa shape index (κ1) is 24.4. The monoisotopic (exact) mass is 434 g/mol. The minimum Gasteiger partial charge on any atom is -1.00 e. The number of carboxylic acid groups (broad SMARTS) is 1. The third kappa shape index (κ3) is 7.11. The Kier molecular flexibility index (Phi) is 10.3. The number of hydrogen-bond donors (Lipinski definition) is 1. The summed E-state index contributed by atoms with van der Waals surface area (Å²) in [5.74, 6) is -0.569. The summed E-state index contributed by atoms with van der Waals surface area (Å²) in [6, 6.07) is 19.5. The van der Waals surface area contributed by atoms with Crippen molar-refractivity contribution in [3.63, 3.8) is 0 Å². The van der Waals surface area contributed by atoms with Crippen molar-refractivity contribution in [1.82, 2.24) is 9.97 Å². The van der Waals surface area contributed by atoms with Crippen molar-refractivity contribution in [2.45, 2.75) is 17.9 Å². The van der Waals surface area contributed by atoms with Crippen molar-refractivity contribution in [1.29, 1.82) is 0 Å². The number of hydrogen-bond acceptors (Lipinski definition) is 5. The van der Waals surface area contributed by atoms with Gasteiger partial charge in [0.1, 0.15) is 11.6 Å². The number of benzene rings is 2. The minimum absolute atomic E-state index is 0. The average Bonchev–Trinajstić information content (AvgIpc) is 2.76. The zero-order valence-electron chi connectivity index (χ0n) is 17.9. The summed E-state index contributed by atoms with van der Waals surface area (Å²) in [7, 11) is -1.29. The molecular formula is C22H23N2NaO4S. The number of aliphatic carboxylic acids is 1. The first-order valence-electron chi connectivity index (χ1n) is 9.31. The smallest absolute Gasteiger partial charge is 1.00 e. The maximum Gasteiger partial charge on any atom is 1.00 e. The molecule has 1 N–H and O–H groups in total. The van der Waals surface area contributed by atoms with Gasteiger partial charge in [0.15, 0.2) is 0 Å². The topological polar surface area (TPSA) is 89.4 Å². The Labute approximate surface area is 202 Å². The molecule has 0 aliphatic rings. The van der Waals surface area contributed by atoms with Crippen molar-refractivity contribution < 1.29 is 49.8 Å². The summed E-state index contributed by atoms with van der Waals surface area (Å²) >= 11 is 0. The molecule has 0 aliphatic heterocycles. The fourth-order valence-electron chi connectivity index (χ4n) is 2.79. The van der Waals surface area contributed by atoms with Crippen molar-refractivity contribution in [2.24, 2.45) is 0 Å². The van der Waals surface area contributed by atoms with E-state index in [9.17, 15) is 9.00 Å². The fourth-order valence-corrected chi connectivity index (χ4v) is 3.83. The van der Waals surface area contributed by atoms with Crippen LogP contribution in [-0.4, -0.2) is 44.2 Å². The molecular weight excluding hydrogens is 411 g/mol. The number of nitrogens with zero attached hydrogens (tertiary/aromatic N) is 2. The Bertz CT molecular complexity index is 978. The molecule has 1 atom stereocenters. The zero-order valence-corrected chi connectivity index (χ0v) is 19.7. The van der Waals surface area contributed by atoms with Gasteiger partial charge in [-0.25, -0.2) is 9.78 Å². The van der Waals surface area contributed by atoms with Crippen LogP contribution in [0.1, 0.15) is 14.3 Å². The molecule has 0 aliphatic carbocycles. The Morgan fingerprint density at radius 2 is 1.57 bits per heavy atom. The molecule has 1 unspecified atom stereocenters. The van der Waals surface area contributed by atoms with Gasteiger partial charge < -0.3 is 11.3 Å². The van der Waals surface area contributed by atoms with E-state index in [-0.39, 0.29) is 37.6 Å². The molecule has 30 heavy (non-hydrogen) atoms. The summed E-state index contributed by atoms with van der Waals surface area (Å²) in [6.45, 7) is 0.0212. The van der Waals surface area contributed by atoms with Gasteiger partial charge in [-0.15, -0.1) is 0 Å². The number of aromatic nitrogens is 2. The van der Waals surface area contributed by atoms with E-state index in [4.69, 9.17) is 9.84 Å². The quantitative estimate of drug-likeness (QED) is 0.377. The van der Waals surface area contributed by atoms with E-state index in [0.717, 1.165) is 16.8 Å². The van der Waals surface area contributed by atoms with Gasteiger partial charge in [-0.05, 0) is 12.8 Å². The molecule has 0 bridgehead atoms. The van der Waals surface area contributed by atoms with Gasteiger partial charge >= 0.3 is 35.5 Å². The normalized spacial score (nSPS) is 11.5. The second kappa shape index (κ2) is 12.7. The third-order valence-corrected chi connectivity index (χ3v) is 5.49. The van der Waals surface area contributed by atoms with Gasteiger partial charge in [-0.3, -0.25) is 9.19 Å². The molecule has 3 rings (SSSR count). The number of rotatable bonds is 10. The van der Waals surface area contributed by atoms with Crippen LogP contribution in [0.3, 0.4) is 0 Å². The molecule has 0 fully saturated rings. The van der Waals surface area contributed by atoms with Crippen LogP contribution in [0.5, 0.6) is 0 Å². The molecule has 3 aromatic rings. The molecule has 6 nitrogen and oxygen atoms in total. The Hall–Kier alpha value is -1.90. The molecule has 152 valence electrons. The van der Waals surface area contributed by atoms with Crippen LogP contribution in [-0.2, 0) is 20.3 Å². The van der Waals surface area contributed by atoms with Gasteiger partial charge in [-0.1, -0.05) is 60.7 Å². The largest absolute Gasteiger partial charge is 1.00 e. The van der Waals surface area contributed by atoms with Crippen LogP contribution in [0, 0.1) is 0 Å². The van der Waals surface area contributed by atoms with E-state index in [1.165, 1.54) is 0 Å². The predicted molar refractivity (Wildman–Crippen MR) is 113 cm³/mol. The van der Waals surface area contributed by atoms with E-state index in [2.05, 4.69) is 9.97 Å². The first-order chi connectivity index (χ1) is 14.1. The fraction of sp³-hybridized carbons (Fsp3) is 0.227. The van der Waals surface area contributed by atoms with Crippen molar-refractivity contribution in [3.8, 4) is 22.5 Å². The summed E-state index contributed by atoms with van der Waals surface area (Å²) < 4.78 is 17.7. The van der Waals surface area contributed by atoms with Gasteiger partial charge in [0, 0.05) is 23.5 Å². The minimum atomic E-state index is -1.29. The molecule has 0 radical (unpaired) electrons. The molecule has 0 saturated carbocycles. The Morgan fingerprint density at radius 1 is 0.967 bits per heavy atom. The standard InChI is InChI=1S/C22H22N2O4S.Na.H/c25-20(26)16-28-13-7-8-14-29(27)19-15-23-21(17-9-3-1-4-10-17)22(24-19)18-11-5-2-6-12-18;;/h1-6,9-12,15H,7-8,13-14,16H2,(H,25,26);;/q;+1;-1. The van der Waals surface area contributed by atoms with Crippen molar-refractivity contribution in [2.75, 3.05) is 19.0 Å². The van der Waals surface area contributed by atoms with E-state index in [1.54, 1.807) is 6.20 Å². The molecule has 0 amide bonds.